The van der Waals surface area contributed by atoms with E-state index in [2.05, 4.69) is 19.9 Å². The highest BCUT2D eigenvalue weighted by Gasteiger charge is 2.58. The molecule has 3 heteroatoms. The van der Waals surface area contributed by atoms with Gasteiger partial charge < -0.3 is 4.74 Å². The lowest BCUT2D eigenvalue weighted by Gasteiger charge is -2.56. The van der Waals surface area contributed by atoms with Gasteiger partial charge in [-0.05, 0) is 61.7 Å². The van der Waals surface area contributed by atoms with Crippen LogP contribution >= 0.6 is 0 Å². The van der Waals surface area contributed by atoms with Crippen molar-refractivity contribution in [3.05, 3.63) is 11.6 Å². The molecule has 0 spiro atoms. The van der Waals surface area contributed by atoms with Crippen LogP contribution in [0.3, 0.4) is 0 Å². The maximum absolute atomic E-state index is 12.4. The molecule has 3 fully saturated rings. The van der Waals surface area contributed by atoms with Crippen molar-refractivity contribution in [3.63, 3.8) is 0 Å². The van der Waals surface area contributed by atoms with E-state index in [1.54, 1.807) is 0 Å². The molecule has 0 N–H and O–H groups in total. The maximum atomic E-state index is 12.4. The van der Waals surface area contributed by atoms with Gasteiger partial charge >= 0.3 is 5.97 Å². The molecule has 0 heterocycles. The van der Waals surface area contributed by atoms with Crippen molar-refractivity contribution in [2.24, 2.45) is 28.6 Å². The lowest BCUT2D eigenvalue weighted by Crippen LogP contribution is -2.50. The highest BCUT2D eigenvalue weighted by molar-refractivity contribution is 5.87. The Morgan fingerprint density at radius 2 is 1.83 bits per heavy atom. The molecule has 24 heavy (non-hydrogen) atoms. The fourth-order valence-electron chi connectivity index (χ4n) is 6.73. The number of carbonyl (C=O) groups excluding carboxylic acids is 2. The number of hydrogen-bond donors (Lipinski definition) is 0. The third-order valence-electron chi connectivity index (χ3n) is 8.10. The summed E-state index contributed by atoms with van der Waals surface area (Å²) >= 11 is 0. The minimum absolute atomic E-state index is 0.0438. The van der Waals surface area contributed by atoms with Crippen molar-refractivity contribution in [2.75, 3.05) is 0 Å². The standard InChI is InChI=1S/C21H30O3/c1-13(22)24-15-8-10-20(2)14(12-15)4-5-16-17-6-7-19(23)21(17,3)11-9-18(16)20/h4,15-18H,5-12H2,1-3H3/t15-,16+,17-,18+,20+,21-/m0/s1. The van der Waals surface area contributed by atoms with E-state index in [4.69, 9.17) is 4.74 Å². The van der Waals surface area contributed by atoms with E-state index in [9.17, 15) is 9.59 Å². The summed E-state index contributed by atoms with van der Waals surface area (Å²) in [6, 6.07) is 0. The number of allylic oxidation sites excluding steroid dienone is 1. The van der Waals surface area contributed by atoms with Crippen LogP contribution in [0.2, 0.25) is 0 Å². The van der Waals surface area contributed by atoms with Crippen molar-refractivity contribution in [1.29, 1.82) is 0 Å². The average Bonchev–Trinajstić information content (AvgIpc) is 2.83. The second kappa shape index (κ2) is 5.44. The molecule has 4 aliphatic carbocycles. The van der Waals surface area contributed by atoms with Crippen LogP contribution < -0.4 is 0 Å². The second-order valence-electron chi connectivity index (χ2n) is 9.15. The molecule has 3 saturated carbocycles. The van der Waals surface area contributed by atoms with Crippen LogP contribution in [0.25, 0.3) is 0 Å². The Kier molecular flexibility index (Phi) is 3.71. The first-order valence-corrected chi connectivity index (χ1v) is 9.74. The highest BCUT2D eigenvalue weighted by Crippen LogP contribution is 2.64. The number of ketones is 1. The quantitative estimate of drug-likeness (QED) is 0.527. The monoisotopic (exact) mass is 330 g/mol. The first kappa shape index (κ1) is 16.4. The Labute approximate surface area is 145 Å². The van der Waals surface area contributed by atoms with Gasteiger partial charge in [-0.2, -0.15) is 0 Å². The molecule has 6 atom stereocenters. The Morgan fingerprint density at radius 1 is 1.12 bits per heavy atom. The molecule has 132 valence electrons. The van der Waals surface area contributed by atoms with E-state index >= 15 is 0 Å². The van der Waals surface area contributed by atoms with Crippen LogP contribution in [0.5, 0.6) is 0 Å². The Hall–Kier alpha value is -1.12. The Bertz CT molecular complexity index is 606. The zero-order valence-corrected chi connectivity index (χ0v) is 15.3. The van der Waals surface area contributed by atoms with Crippen LogP contribution in [-0.2, 0) is 14.3 Å². The van der Waals surface area contributed by atoms with Gasteiger partial charge in [0.15, 0.2) is 0 Å². The molecular weight excluding hydrogens is 300 g/mol. The van der Waals surface area contributed by atoms with Gasteiger partial charge in [0.2, 0.25) is 0 Å². The summed E-state index contributed by atoms with van der Waals surface area (Å²) in [5.41, 5.74) is 1.74. The summed E-state index contributed by atoms with van der Waals surface area (Å²) in [5.74, 6) is 2.33. The summed E-state index contributed by atoms with van der Waals surface area (Å²) in [6.45, 7) is 6.19. The van der Waals surface area contributed by atoms with Crippen molar-refractivity contribution in [1.82, 2.24) is 0 Å². The SMILES string of the molecule is CC(=O)O[C@H]1CC[C@]2(C)C(=CC[C@H]3[C@H]2CC[C@]2(C)C(=O)CC[C@@H]32)C1. The average molecular weight is 330 g/mol. The Morgan fingerprint density at radius 3 is 2.58 bits per heavy atom. The van der Waals surface area contributed by atoms with Gasteiger partial charge in [-0.15, -0.1) is 0 Å². The molecular formula is C21H30O3. The molecule has 0 aliphatic heterocycles. The summed E-state index contributed by atoms with van der Waals surface area (Å²) < 4.78 is 5.50. The largest absolute Gasteiger partial charge is 0.462 e. The summed E-state index contributed by atoms with van der Waals surface area (Å²) in [7, 11) is 0. The van der Waals surface area contributed by atoms with Crippen LogP contribution in [0, 0.1) is 28.6 Å². The predicted octanol–water partition coefficient (Wildman–Crippen LogP) is 4.45. The molecule has 3 nitrogen and oxygen atoms in total. The van der Waals surface area contributed by atoms with E-state index in [-0.39, 0.29) is 22.9 Å². The van der Waals surface area contributed by atoms with Gasteiger partial charge in [-0.1, -0.05) is 25.5 Å². The maximum Gasteiger partial charge on any atom is 0.302 e. The van der Waals surface area contributed by atoms with Gasteiger partial charge in [-0.3, -0.25) is 9.59 Å². The Balaban J connectivity index is 1.60. The van der Waals surface area contributed by atoms with Gasteiger partial charge in [0.1, 0.15) is 11.9 Å². The number of Topliss-reactive ketones (excluding diaryl/α,β-unsaturated/α-hetero) is 1. The van der Waals surface area contributed by atoms with Crippen molar-refractivity contribution in [2.45, 2.75) is 78.2 Å². The summed E-state index contributed by atoms with van der Waals surface area (Å²) in [5, 5.41) is 0. The van der Waals surface area contributed by atoms with Crippen LogP contribution in [0.15, 0.2) is 11.6 Å². The first-order chi connectivity index (χ1) is 11.3. The van der Waals surface area contributed by atoms with Gasteiger partial charge in [0.25, 0.3) is 0 Å². The number of fused-ring (bicyclic) bond motifs is 5. The number of ether oxygens (including phenoxy) is 1. The molecule has 4 aliphatic rings. The summed E-state index contributed by atoms with van der Waals surface area (Å²) in [6.07, 6.45) is 10.8. The van der Waals surface area contributed by atoms with Crippen molar-refractivity contribution >= 4 is 11.8 Å². The lowest BCUT2D eigenvalue weighted by molar-refractivity contribution is -0.148. The minimum atomic E-state index is -0.157. The zero-order valence-electron chi connectivity index (χ0n) is 15.3. The number of carbonyl (C=O) groups is 2. The molecule has 0 amide bonds. The molecule has 0 bridgehead atoms. The molecule has 0 unspecified atom stereocenters. The minimum Gasteiger partial charge on any atom is -0.462 e. The van der Waals surface area contributed by atoms with E-state index in [1.807, 2.05) is 0 Å². The van der Waals surface area contributed by atoms with Crippen LogP contribution in [-0.4, -0.2) is 17.9 Å². The number of rotatable bonds is 1. The van der Waals surface area contributed by atoms with Gasteiger partial charge in [0.05, 0.1) is 0 Å². The fourth-order valence-corrected chi connectivity index (χ4v) is 6.73. The number of esters is 1. The second-order valence-corrected chi connectivity index (χ2v) is 9.15. The molecule has 0 aromatic heterocycles. The molecule has 0 aromatic rings. The van der Waals surface area contributed by atoms with Gasteiger partial charge in [-0.25, -0.2) is 0 Å². The lowest BCUT2D eigenvalue weighted by atomic mass is 9.48. The van der Waals surface area contributed by atoms with Crippen molar-refractivity contribution in [3.8, 4) is 0 Å². The smallest absolute Gasteiger partial charge is 0.302 e. The predicted molar refractivity (Wildman–Crippen MR) is 92.3 cm³/mol. The molecule has 0 radical (unpaired) electrons. The van der Waals surface area contributed by atoms with Crippen molar-refractivity contribution < 1.29 is 14.3 Å². The number of hydrogen-bond acceptors (Lipinski definition) is 3. The highest BCUT2D eigenvalue weighted by atomic mass is 16.5. The topological polar surface area (TPSA) is 43.4 Å². The molecule has 0 saturated heterocycles. The van der Waals surface area contributed by atoms with Crippen LogP contribution in [0.4, 0.5) is 0 Å². The normalized spacial score (nSPS) is 47.3. The fraction of sp³-hybridized carbons (Fsp3) is 0.810. The van der Waals surface area contributed by atoms with E-state index < -0.39 is 0 Å². The first-order valence-electron chi connectivity index (χ1n) is 9.74. The van der Waals surface area contributed by atoms with E-state index in [0.29, 0.717) is 23.5 Å². The van der Waals surface area contributed by atoms with Crippen LogP contribution in [0.1, 0.15) is 72.1 Å². The van der Waals surface area contributed by atoms with E-state index in [1.165, 1.54) is 18.9 Å². The summed E-state index contributed by atoms with van der Waals surface area (Å²) in [4.78, 5) is 23.7. The third kappa shape index (κ3) is 2.23. The third-order valence-corrected chi connectivity index (χ3v) is 8.10. The molecule has 0 aromatic carbocycles. The zero-order chi connectivity index (χ0) is 17.1. The molecule has 4 rings (SSSR count). The van der Waals surface area contributed by atoms with E-state index in [0.717, 1.165) is 44.9 Å². The van der Waals surface area contributed by atoms with Gasteiger partial charge in [0, 0.05) is 25.2 Å².